The second-order valence-corrected chi connectivity index (χ2v) is 5.00. The number of nitrogens with one attached hydrogen (secondary N) is 2. The van der Waals surface area contributed by atoms with Crippen LogP contribution in [0.25, 0.3) is 0 Å². The van der Waals surface area contributed by atoms with Gasteiger partial charge in [0.05, 0.1) is 13.0 Å². The molecule has 0 spiro atoms. The molecule has 0 radical (unpaired) electrons. The zero-order valence-electron chi connectivity index (χ0n) is 10.6. The Hall–Kier alpha value is -1.53. The van der Waals surface area contributed by atoms with E-state index < -0.39 is 5.97 Å². The quantitative estimate of drug-likeness (QED) is 0.464. The van der Waals surface area contributed by atoms with Crippen molar-refractivity contribution < 1.29 is 14.7 Å². The molecular weight excluding hydrogens is 264 g/mol. The molecule has 1 aromatic carbocycles. The van der Waals surface area contributed by atoms with E-state index in [0.717, 1.165) is 5.75 Å². The number of thioether (sulfide) groups is 1. The van der Waals surface area contributed by atoms with Crippen molar-refractivity contribution in [1.29, 1.82) is 0 Å². The van der Waals surface area contributed by atoms with E-state index in [4.69, 9.17) is 5.11 Å². The number of amides is 1. The smallest absolute Gasteiger partial charge is 0.304 e. The van der Waals surface area contributed by atoms with Gasteiger partial charge in [0.2, 0.25) is 5.91 Å². The Morgan fingerprint density at radius 2 is 1.89 bits per heavy atom. The third-order valence-electron chi connectivity index (χ3n) is 2.24. The minimum absolute atomic E-state index is 0.0249. The Kier molecular flexibility index (Phi) is 7.69. The summed E-state index contributed by atoms with van der Waals surface area (Å²) in [4.78, 5) is 22.8. The first-order chi connectivity index (χ1) is 9.18. The Labute approximate surface area is 116 Å². The molecule has 0 saturated carbocycles. The molecule has 1 aromatic rings. The Morgan fingerprint density at radius 3 is 2.58 bits per heavy atom. The lowest BCUT2D eigenvalue weighted by Gasteiger charge is -2.06. The summed E-state index contributed by atoms with van der Waals surface area (Å²) in [5, 5.41) is 14.0. The molecule has 3 N–H and O–H groups in total. The molecule has 0 fully saturated rings. The van der Waals surface area contributed by atoms with Crippen LogP contribution in [0.5, 0.6) is 0 Å². The van der Waals surface area contributed by atoms with Gasteiger partial charge in [-0.15, -0.1) is 11.8 Å². The summed E-state index contributed by atoms with van der Waals surface area (Å²) in [6.45, 7) is 1.06. The van der Waals surface area contributed by atoms with E-state index in [1.807, 2.05) is 30.3 Å². The molecule has 0 atom stereocenters. The third-order valence-corrected chi connectivity index (χ3v) is 3.25. The van der Waals surface area contributed by atoms with Crippen molar-refractivity contribution in [3.05, 3.63) is 30.3 Å². The predicted molar refractivity (Wildman–Crippen MR) is 75.3 cm³/mol. The summed E-state index contributed by atoms with van der Waals surface area (Å²) >= 11 is 1.68. The second-order valence-electron chi connectivity index (χ2n) is 3.83. The van der Waals surface area contributed by atoms with Gasteiger partial charge in [-0.25, -0.2) is 0 Å². The normalized spacial score (nSPS) is 10.1. The summed E-state index contributed by atoms with van der Waals surface area (Å²) in [6, 6.07) is 9.98. The largest absolute Gasteiger partial charge is 0.481 e. The highest BCUT2D eigenvalue weighted by molar-refractivity contribution is 7.99. The van der Waals surface area contributed by atoms with E-state index in [1.54, 1.807) is 11.8 Å². The van der Waals surface area contributed by atoms with Crippen molar-refractivity contribution >= 4 is 23.6 Å². The minimum atomic E-state index is -0.868. The standard InChI is InChI=1S/C13H18N2O3S/c16-12(10-14-7-6-13(17)18)15-8-9-19-11-4-2-1-3-5-11/h1-5,14H,6-10H2,(H,15,16)(H,17,18). The van der Waals surface area contributed by atoms with Crippen molar-refractivity contribution in [3.63, 3.8) is 0 Å². The SMILES string of the molecule is O=C(O)CCNCC(=O)NCCSc1ccccc1. The lowest BCUT2D eigenvalue weighted by atomic mass is 10.4. The fourth-order valence-corrected chi connectivity index (χ4v) is 2.13. The van der Waals surface area contributed by atoms with Gasteiger partial charge in [0, 0.05) is 23.7 Å². The molecule has 0 bridgehead atoms. The van der Waals surface area contributed by atoms with Crippen LogP contribution >= 0.6 is 11.8 Å². The van der Waals surface area contributed by atoms with E-state index in [-0.39, 0.29) is 18.9 Å². The number of hydrogen-bond donors (Lipinski definition) is 3. The zero-order chi connectivity index (χ0) is 13.9. The van der Waals surface area contributed by atoms with Crippen molar-refractivity contribution in [1.82, 2.24) is 10.6 Å². The number of rotatable bonds is 9. The van der Waals surface area contributed by atoms with Gasteiger partial charge in [-0.3, -0.25) is 9.59 Å². The fourth-order valence-electron chi connectivity index (χ4n) is 1.34. The van der Waals surface area contributed by atoms with Crippen LogP contribution in [-0.4, -0.2) is 42.4 Å². The Morgan fingerprint density at radius 1 is 1.16 bits per heavy atom. The van der Waals surface area contributed by atoms with Crippen LogP contribution in [0.4, 0.5) is 0 Å². The first-order valence-corrected chi connectivity index (χ1v) is 7.04. The Balaban J connectivity index is 2.00. The van der Waals surface area contributed by atoms with E-state index >= 15 is 0 Å². The van der Waals surface area contributed by atoms with Crippen molar-refractivity contribution in [2.24, 2.45) is 0 Å². The van der Waals surface area contributed by atoms with Crippen LogP contribution in [0.3, 0.4) is 0 Å². The topological polar surface area (TPSA) is 78.4 Å². The maximum atomic E-state index is 11.4. The van der Waals surface area contributed by atoms with Crippen LogP contribution in [0.1, 0.15) is 6.42 Å². The molecule has 0 unspecified atom stereocenters. The zero-order valence-corrected chi connectivity index (χ0v) is 11.4. The van der Waals surface area contributed by atoms with Gasteiger partial charge >= 0.3 is 5.97 Å². The Bertz CT molecular complexity index is 398. The average molecular weight is 282 g/mol. The van der Waals surface area contributed by atoms with Crippen LogP contribution in [0.2, 0.25) is 0 Å². The van der Waals surface area contributed by atoms with Crippen LogP contribution < -0.4 is 10.6 Å². The highest BCUT2D eigenvalue weighted by Gasteiger charge is 2.01. The maximum Gasteiger partial charge on any atom is 0.304 e. The molecular formula is C13H18N2O3S. The molecule has 0 aliphatic heterocycles. The molecule has 0 aliphatic carbocycles. The number of benzene rings is 1. The summed E-state index contributed by atoms with van der Waals surface area (Å²) in [6.07, 6.45) is 0.0249. The van der Waals surface area contributed by atoms with E-state index in [1.165, 1.54) is 4.90 Å². The second kappa shape index (κ2) is 9.41. The summed E-state index contributed by atoms with van der Waals surface area (Å²) in [5.41, 5.74) is 0. The van der Waals surface area contributed by atoms with Gasteiger partial charge in [0.1, 0.15) is 0 Å². The lowest BCUT2D eigenvalue weighted by molar-refractivity contribution is -0.137. The van der Waals surface area contributed by atoms with E-state index in [0.29, 0.717) is 13.1 Å². The molecule has 0 aliphatic rings. The van der Waals surface area contributed by atoms with Gasteiger partial charge in [0.15, 0.2) is 0 Å². The minimum Gasteiger partial charge on any atom is -0.481 e. The molecule has 19 heavy (non-hydrogen) atoms. The number of hydrogen-bond acceptors (Lipinski definition) is 4. The lowest BCUT2D eigenvalue weighted by Crippen LogP contribution is -2.35. The van der Waals surface area contributed by atoms with Crippen LogP contribution in [0, 0.1) is 0 Å². The summed E-state index contributed by atoms with van der Waals surface area (Å²) in [5.74, 6) is -0.170. The van der Waals surface area contributed by atoms with Crippen molar-refractivity contribution in [2.75, 3.05) is 25.4 Å². The van der Waals surface area contributed by atoms with Gasteiger partial charge in [-0.2, -0.15) is 0 Å². The molecule has 1 rings (SSSR count). The van der Waals surface area contributed by atoms with Crippen molar-refractivity contribution in [3.8, 4) is 0 Å². The van der Waals surface area contributed by atoms with Gasteiger partial charge < -0.3 is 15.7 Å². The first-order valence-electron chi connectivity index (χ1n) is 6.05. The van der Waals surface area contributed by atoms with E-state index in [9.17, 15) is 9.59 Å². The first kappa shape index (κ1) is 15.5. The molecule has 5 nitrogen and oxygen atoms in total. The molecule has 0 aromatic heterocycles. The number of carbonyl (C=O) groups is 2. The number of carboxylic acid groups (broad SMARTS) is 1. The number of carboxylic acids is 1. The average Bonchev–Trinajstić information content (AvgIpc) is 2.41. The van der Waals surface area contributed by atoms with Crippen LogP contribution in [0.15, 0.2) is 35.2 Å². The van der Waals surface area contributed by atoms with Gasteiger partial charge in [-0.1, -0.05) is 18.2 Å². The van der Waals surface area contributed by atoms with Crippen molar-refractivity contribution in [2.45, 2.75) is 11.3 Å². The molecule has 1 amide bonds. The number of aliphatic carboxylic acids is 1. The highest BCUT2D eigenvalue weighted by Crippen LogP contribution is 2.15. The summed E-state index contributed by atoms with van der Waals surface area (Å²) in [7, 11) is 0. The maximum absolute atomic E-state index is 11.4. The van der Waals surface area contributed by atoms with Crippen LogP contribution in [-0.2, 0) is 9.59 Å². The molecule has 0 saturated heterocycles. The fraction of sp³-hybridized carbons (Fsp3) is 0.385. The third kappa shape index (κ3) is 8.23. The predicted octanol–water partition coefficient (Wildman–Crippen LogP) is 0.959. The number of carbonyl (C=O) groups excluding carboxylic acids is 1. The van der Waals surface area contributed by atoms with Gasteiger partial charge in [-0.05, 0) is 12.1 Å². The summed E-state index contributed by atoms with van der Waals surface area (Å²) < 4.78 is 0. The molecule has 6 heteroatoms. The molecule has 104 valence electrons. The highest BCUT2D eigenvalue weighted by atomic mass is 32.2. The van der Waals surface area contributed by atoms with E-state index in [2.05, 4.69) is 10.6 Å². The monoisotopic (exact) mass is 282 g/mol. The van der Waals surface area contributed by atoms with Gasteiger partial charge in [0.25, 0.3) is 0 Å². The molecule has 0 heterocycles.